The number of aliphatic imine (C=N–C) groups is 1. The first-order chi connectivity index (χ1) is 13.3. The highest BCUT2D eigenvalue weighted by Gasteiger charge is 2.53. The normalized spacial score (nSPS) is 19.4. The van der Waals surface area contributed by atoms with Gasteiger partial charge in [-0.05, 0) is 26.8 Å². The number of nitrogens with zero attached hydrogens (tertiary/aromatic N) is 6. The summed E-state index contributed by atoms with van der Waals surface area (Å²) in [5.41, 5.74) is 6.86. The van der Waals surface area contributed by atoms with Crippen LogP contribution in [0.2, 0.25) is 0 Å². The third-order valence-corrected chi connectivity index (χ3v) is 4.58. The number of urea groups is 1. The summed E-state index contributed by atoms with van der Waals surface area (Å²) in [6.45, 7) is 6.38. The number of carbonyl (C=O) groups excluding carboxylic acids is 3. The van der Waals surface area contributed by atoms with Crippen LogP contribution in [0.4, 0.5) is 4.79 Å². The number of aryl methyl sites for hydroxylation is 2. The Morgan fingerprint density at radius 3 is 2.64 bits per heavy atom. The first-order valence-corrected chi connectivity index (χ1v) is 8.97. The van der Waals surface area contributed by atoms with Crippen molar-refractivity contribution in [1.29, 1.82) is 0 Å². The van der Waals surface area contributed by atoms with Crippen LogP contribution in [-0.4, -0.2) is 93.2 Å². The minimum atomic E-state index is -0.860. The molecule has 1 unspecified atom stereocenters. The van der Waals surface area contributed by atoms with Crippen molar-refractivity contribution >= 4 is 29.6 Å². The quantitative estimate of drug-likeness (QED) is 0.488. The number of likely N-dealkylation sites (N-methyl/N-ethyl adjacent to an activating group) is 1. The molecular formula is C17H24N7O4+. The molecule has 0 aromatic carbocycles. The van der Waals surface area contributed by atoms with Crippen LogP contribution in [0, 0.1) is 13.8 Å². The predicted molar refractivity (Wildman–Crippen MR) is 99.0 cm³/mol. The molecule has 1 saturated heterocycles. The average Bonchev–Trinajstić information content (AvgIpc) is 3.16. The largest absolute Gasteiger partial charge is 0.421 e. The molecule has 3 heterocycles. The molecular weight excluding hydrogens is 366 g/mol. The number of amides is 4. The van der Waals surface area contributed by atoms with Gasteiger partial charge in [-0.3, -0.25) is 19.4 Å². The van der Waals surface area contributed by atoms with Gasteiger partial charge in [0.25, 0.3) is 5.91 Å². The second-order valence-corrected chi connectivity index (χ2v) is 6.63. The molecule has 150 valence electrons. The number of rotatable bonds is 6. The van der Waals surface area contributed by atoms with Gasteiger partial charge in [0.05, 0.1) is 18.8 Å². The van der Waals surface area contributed by atoms with E-state index in [4.69, 9.17) is 10.5 Å². The smallest absolute Gasteiger partial charge is 0.378 e. The van der Waals surface area contributed by atoms with E-state index in [0.717, 1.165) is 16.3 Å². The van der Waals surface area contributed by atoms with E-state index in [9.17, 15) is 14.4 Å². The van der Waals surface area contributed by atoms with Crippen molar-refractivity contribution in [3.8, 4) is 0 Å². The molecule has 0 radical (unpaired) electrons. The second-order valence-electron chi connectivity index (χ2n) is 6.63. The van der Waals surface area contributed by atoms with Gasteiger partial charge in [-0.2, -0.15) is 0 Å². The summed E-state index contributed by atoms with van der Waals surface area (Å²) >= 11 is 0. The number of primary amides is 1. The summed E-state index contributed by atoms with van der Waals surface area (Å²) in [7, 11) is 1.51. The molecule has 1 aromatic heterocycles. The summed E-state index contributed by atoms with van der Waals surface area (Å²) in [4.78, 5) is 43.7. The molecule has 0 spiro atoms. The number of amidine groups is 1. The highest BCUT2D eigenvalue weighted by molar-refractivity contribution is 6.23. The van der Waals surface area contributed by atoms with Crippen molar-refractivity contribution in [2.75, 3.05) is 33.4 Å². The minimum absolute atomic E-state index is 0.287. The van der Waals surface area contributed by atoms with Crippen LogP contribution in [0.5, 0.6) is 0 Å². The van der Waals surface area contributed by atoms with E-state index >= 15 is 0 Å². The summed E-state index contributed by atoms with van der Waals surface area (Å²) in [5, 5.41) is 4.45. The maximum absolute atomic E-state index is 13.1. The molecule has 1 atom stereocenters. The van der Waals surface area contributed by atoms with E-state index in [-0.39, 0.29) is 5.84 Å². The van der Waals surface area contributed by atoms with E-state index in [1.807, 2.05) is 26.8 Å². The number of carbonyl (C=O) groups is 3. The van der Waals surface area contributed by atoms with E-state index in [1.54, 1.807) is 9.26 Å². The minimum Gasteiger partial charge on any atom is -0.378 e. The number of hydrogen-bond acceptors (Lipinski definition) is 6. The van der Waals surface area contributed by atoms with Crippen molar-refractivity contribution in [3.05, 3.63) is 17.5 Å². The van der Waals surface area contributed by atoms with E-state index in [1.165, 1.54) is 11.9 Å². The van der Waals surface area contributed by atoms with Crippen LogP contribution < -0.4 is 5.73 Å². The highest BCUT2D eigenvalue weighted by Crippen LogP contribution is 2.21. The van der Waals surface area contributed by atoms with Gasteiger partial charge in [0.1, 0.15) is 12.2 Å². The van der Waals surface area contributed by atoms with Crippen LogP contribution in [0.1, 0.15) is 18.3 Å². The summed E-state index contributed by atoms with van der Waals surface area (Å²) in [5.74, 6) is -0.597. The van der Waals surface area contributed by atoms with Crippen molar-refractivity contribution in [2.45, 2.75) is 26.8 Å². The first-order valence-electron chi connectivity index (χ1n) is 8.97. The first kappa shape index (κ1) is 19.7. The highest BCUT2D eigenvalue weighted by atomic mass is 16.5. The molecule has 4 amide bonds. The zero-order chi connectivity index (χ0) is 20.6. The van der Waals surface area contributed by atoms with Crippen LogP contribution in [0.15, 0.2) is 11.1 Å². The number of imide groups is 1. The Morgan fingerprint density at radius 1 is 1.36 bits per heavy atom. The zero-order valence-corrected chi connectivity index (χ0v) is 16.4. The van der Waals surface area contributed by atoms with Crippen molar-refractivity contribution in [1.82, 2.24) is 19.6 Å². The molecule has 0 aliphatic carbocycles. The topological polar surface area (TPSA) is 126 Å². The molecule has 2 N–H and O–H groups in total. The molecule has 2 aliphatic rings. The SMILES string of the molecule is CCOCC[N+]1=C(n2nc(C)cc2C)N=C2C1C(=O)N(CC(N)=O)C(=O)N2C. The Morgan fingerprint density at radius 2 is 2.07 bits per heavy atom. The fourth-order valence-electron chi connectivity index (χ4n) is 3.34. The average molecular weight is 390 g/mol. The molecule has 2 aliphatic heterocycles. The summed E-state index contributed by atoms with van der Waals surface area (Å²) in [6, 6.07) is 0.394. The van der Waals surface area contributed by atoms with E-state index in [2.05, 4.69) is 10.1 Å². The van der Waals surface area contributed by atoms with Crippen LogP contribution >= 0.6 is 0 Å². The molecule has 28 heavy (non-hydrogen) atoms. The van der Waals surface area contributed by atoms with Crippen molar-refractivity contribution in [3.63, 3.8) is 0 Å². The number of aromatic nitrogens is 2. The molecule has 11 nitrogen and oxygen atoms in total. The Balaban J connectivity index is 2.08. The van der Waals surface area contributed by atoms with Gasteiger partial charge in [-0.15, -0.1) is 9.78 Å². The molecule has 0 saturated carbocycles. The Kier molecular flexibility index (Phi) is 5.27. The second kappa shape index (κ2) is 7.50. The Bertz CT molecular complexity index is 901. The number of fused-ring (bicyclic) bond motifs is 1. The lowest BCUT2D eigenvalue weighted by atomic mass is 10.1. The fraction of sp³-hybridized carbons (Fsp3) is 0.529. The van der Waals surface area contributed by atoms with Crippen LogP contribution in [0.3, 0.4) is 0 Å². The van der Waals surface area contributed by atoms with Gasteiger partial charge >= 0.3 is 12.0 Å². The molecule has 1 aromatic rings. The zero-order valence-electron chi connectivity index (χ0n) is 16.4. The third-order valence-electron chi connectivity index (χ3n) is 4.58. The summed E-state index contributed by atoms with van der Waals surface area (Å²) < 4.78 is 8.83. The number of ether oxygens (including phenoxy) is 1. The van der Waals surface area contributed by atoms with Crippen molar-refractivity contribution < 1.29 is 23.7 Å². The molecule has 3 rings (SSSR count). The standard InChI is InChI=1S/C17H23N7O4/c1-5-28-7-6-22-13-14(19-16(22)24-11(3)8-10(2)20-24)21(4)17(27)23(15(13)26)9-12(18)25/h8,13H,5-7,9H2,1-4H3,(H-,18,25)/p+1. The molecule has 0 bridgehead atoms. The lowest BCUT2D eigenvalue weighted by molar-refractivity contribution is -0.540. The van der Waals surface area contributed by atoms with Crippen LogP contribution in [-0.2, 0) is 14.3 Å². The summed E-state index contributed by atoms with van der Waals surface area (Å²) in [6.07, 6.45) is 0. The molecule has 1 fully saturated rings. The maximum atomic E-state index is 13.1. The van der Waals surface area contributed by atoms with Gasteiger partial charge in [0, 0.05) is 13.7 Å². The van der Waals surface area contributed by atoms with Gasteiger partial charge in [0.2, 0.25) is 17.8 Å². The van der Waals surface area contributed by atoms with Crippen molar-refractivity contribution in [2.24, 2.45) is 10.7 Å². The Labute approximate surface area is 162 Å². The lowest BCUT2D eigenvalue weighted by Gasteiger charge is -2.33. The maximum Gasteiger partial charge on any atom is 0.421 e. The van der Waals surface area contributed by atoms with Crippen LogP contribution in [0.25, 0.3) is 0 Å². The van der Waals surface area contributed by atoms with E-state index in [0.29, 0.717) is 25.7 Å². The number of nitrogens with two attached hydrogens (primary N) is 1. The Hall–Kier alpha value is -3.08. The molecule has 11 heteroatoms. The van der Waals surface area contributed by atoms with Gasteiger partial charge in [-0.1, -0.05) is 4.99 Å². The van der Waals surface area contributed by atoms with E-state index < -0.39 is 30.4 Å². The predicted octanol–water partition coefficient (Wildman–Crippen LogP) is -1.09. The van der Waals surface area contributed by atoms with Gasteiger partial charge in [0.15, 0.2) is 0 Å². The fourth-order valence-corrected chi connectivity index (χ4v) is 3.34. The van der Waals surface area contributed by atoms with Gasteiger partial charge < -0.3 is 10.5 Å². The third kappa shape index (κ3) is 3.28. The number of hydrogen-bond donors (Lipinski definition) is 1. The monoisotopic (exact) mass is 390 g/mol. The van der Waals surface area contributed by atoms with Gasteiger partial charge in [-0.25, -0.2) is 9.37 Å². The lowest BCUT2D eigenvalue weighted by Crippen LogP contribution is -2.64.